The normalized spacial score (nSPS) is 13.3. The third-order valence-electron chi connectivity index (χ3n) is 4.85. The third kappa shape index (κ3) is 2.66. The zero-order chi connectivity index (χ0) is 17.4. The number of pyridine rings is 1. The Morgan fingerprint density at radius 1 is 1.20 bits per heavy atom. The molecule has 0 fully saturated rings. The molecule has 124 valence electrons. The molecular formula is C20H18N4O. The number of hydrogen-bond donors (Lipinski definition) is 1. The summed E-state index contributed by atoms with van der Waals surface area (Å²) in [5, 5.41) is 9.08. The first kappa shape index (κ1) is 15.4. The van der Waals surface area contributed by atoms with Gasteiger partial charge in [0.15, 0.2) is 0 Å². The highest BCUT2D eigenvalue weighted by molar-refractivity contribution is 5.68. The van der Waals surface area contributed by atoms with Gasteiger partial charge in [-0.2, -0.15) is 5.26 Å². The second-order valence-electron chi connectivity index (χ2n) is 6.42. The quantitative estimate of drug-likeness (QED) is 0.783. The van der Waals surface area contributed by atoms with Crippen molar-refractivity contribution in [1.82, 2.24) is 14.5 Å². The van der Waals surface area contributed by atoms with Gasteiger partial charge in [-0.1, -0.05) is 12.1 Å². The second-order valence-corrected chi connectivity index (χ2v) is 6.42. The zero-order valence-electron chi connectivity index (χ0n) is 14.0. The van der Waals surface area contributed by atoms with Crippen LogP contribution in [0.5, 0.6) is 0 Å². The lowest BCUT2D eigenvalue weighted by Gasteiger charge is -2.14. The number of aromatic amines is 1. The Bertz CT molecular complexity index is 1040. The molecule has 5 heteroatoms. The summed E-state index contributed by atoms with van der Waals surface area (Å²) in [6, 6.07) is 11.8. The lowest BCUT2D eigenvalue weighted by atomic mass is 10.0. The van der Waals surface area contributed by atoms with Crippen molar-refractivity contribution in [3.05, 3.63) is 69.7 Å². The van der Waals surface area contributed by atoms with Gasteiger partial charge in [0.2, 0.25) is 0 Å². The van der Waals surface area contributed by atoms with Gasteiger partial charge in [0.25, 0.3) is 5.56 Å². The minimum absolute atomic E-state index is 0.133. The molecule has 3 aromatic rings. The largest absolute Gasteiger partial charge is 0.325 e. The van der Waals surface area contributed by atoms with Crippen LogP contribution in [-0.2, 0) is 12.8 Å². The topological polar surface area (TPSA) is 74.5 Å². The first-order chi connectivity index (χ1) is 12.2. The molecule has 0 amide bonds. The monoisotopic (exact) mass is 330 g/mol. The van der Waals surface area contributed by atoms with Gasteiger partial charge >= 0.3 is 0 Å². The number of H-pyrrole nitrogens is 1. The van der Waals surface area contributed by atoms with E-state index in [1.807, 2.05) is 31.5 Å². The van der Waals surface area contributed by atoms with E-state index in [0.29, 0.717) is 0 Å². The lowest BCUT2D eigenvalue weighted by molar-refractivity contribution is 0.656. The molecule has 1 aromatic carbocycles. The Labute approximate surface area is 145 Å². The van der Waals surface area contributed by atoms with E-state index < -0.39 is 0 Å². The van der Waals surface area contributed by atoms with Gasteiger partial charge < -0.3 is 9.55 Å². The van der Waals surface area contributed by atoms with Crippen LogP contribution in [0.15, 0.2) is 41.5 Å². The van der Waals surface area contributed by atoms with Gasteiger partial charge in [-0.15, -0.1) is 0 Å². The van der Waals surface area contributed by atoms with E-state index in [0.717, 1.165) is 35.3 Å². The van der Waals surface area contributed by atoms with Crippen LogP contribution in [0.4, 0.5) is 0 Å². The number of aryl methyl sites for hydroxylation is 2. The Morgan fingerprint density at radius 3 is 2.72 bits per heavy atom. The molecule has 1 N–H and O–H groups in total. The van der Waals surface area contributed by atoms with Crippen molar-refractivity contribution in [2.24, 2.45) is 0 Å². The Morgan fingerprint density at radius 2 is 1.96 bits per heavy atom. The predicted molar refractivity (Wildman–Crippen MR) is 95.7 cm³/mol. The Kier molecular flexibility index (Phi) is 3.73. The number of benzene rings is 1. The maximum absolute atomic E-state index is 11.7. The summed E-state index contributed by atoms with van der Waals surface area (Å²) in [6.45, 7) is 1.85. The number of hydrogen-bond acceptors (Lipinski definition) is 3. The molecule has 1 aliphatic carbocycles. The van der Waals surface area contributed by atoms with Gasteiger partial charge in [-0.05, 0) is 56.4 Å². The van der Waals surface area contributed by atoms with Gasteiger partial charge in [-0.25, -0.2) is 4.98 Å². The minimum atomic E-state index is -0.342. The van der Waals surface area contributed by atoms with E-state index >= 15 is 0 Å². The molecule has 0 spiro atoms. The fraction of sp³-hybridized carbons (Fsp3) is 0.250. The summed E-state index contributed by atoms with van der Waals surface area (Å²) in [7, 11) is 0. The van der Waals surface area contributed by atoms with Crippen molar-refractivity contribution in [1.29, 1.82) is 5.26 Å². The second kappa shape index (κ2) is 6.06. The van der Waals surface area contributed by atoms with Crippen molar-refractivity contribution in [2.75, 3.05) is 0 Å². The maximum Gasteiger partial charge on any atom is 0.266 e. The summed E-state index contributed by atoms with van der Waals surface area (Å²) in [5.41, 5.74) is 6.01. The van der Waals surface area contributed by atoms with Crippen molar-refractivity contribution in [3.8, 4) is 22.9 Å². The summed E-state index contributed by atoms with van der Waals surface area (Å²) in [4.78, 5) is 19.0. The fourth-order valence-corrected chi connectivity index (χ4v) is 3.50. The fourth-order valence-electron chi connectivity index (χ4n) is 3.50. The highest BCUT2D eigenvalue weighted by Gasteiger charge is 2.16. The molecule has 0 saturated carbocycles. The van der Waals surface area contributed by atoms with Crippen LogP contribution in [0.1, 0.15) is 35.5 Å². The molecule has 0 bridgehead atoms. The molecule has 0 unspecified atom stereocenters. The van der Waals surface area contributed by atoms with Gasteiger partial charge in [0.05, 0.1) is 12.0 Å². The molecule has 0 aliphatic heterocycles. The van der Waals surface area contributed by atoms with Crippen LogP contribution in [0.3, 0.4) is 0 Å². The van der Waals surface area contributed by atoms with Crippen LogP contribution >= 0.6 is 0 Å². The Balaban J connectivity index is 1.73. The summed E-state index contributed by atoms with van der Waals surface area (Å²) < 4.78 is 2.17. The van der Waals surface area contributed by atoms with E-state index in [-0.39, 0.29) is 11.1 Å². The molecular weight excluding hydrogens is 312 g/mol. The summed E-state index contributed by atoms with van der Waals surface area (Å²) in [5.74, 6) is 0. The van der Waals surface area contributed by atoms with Crippen LogP contribution in [0, 0.1) is 18.3 Å². The predicted octanol–water partition coefficient (Wildman–Crippen LogP) is 3.29. The molecule has 2 heterocycles. The van der Waals surface area contributed by atoms with E-state index in [1.54, 1.807) is 6.07 Å². The van der Waals surface area contributed by atoms with Crippen LogP contribution in [-0.4, -0.2) is 14.5 Å². The van der Waals surface area contributed by atoms with Crippen molar-refractivity contribution >= 4 is 0 Å². The molecule has 4 rings (SSSR count). The van der Waals surface area contributed by atoms with E-state index in [2.05, 4.69) is 26.7 Å². The smallest absolute Gasteiger partial charge is 0.266 e. The first-order valence-corrected chi connectivity index (χ1v) is 8.47. The van der Waals surface area contributed by atoms with E-state index in [9.17, 15) is 4.79 Å². The highest BCUT2D eigenvalue weighted by Crippen LogP contribution is 2.26. The number of rotatable bonds is 2. The standard InChI is InChI=1S/C20H18N4O/c1-13-17(10-15(11-21)20(25)23-13)14-6-8-16(9-7-14)24-12-22-18-4-2-3-5-19(18)24/h6-10,12H,2-5H2,1H3,(H,23,25). The molecule has 25 heavy (non-hydrogen) atoms. The number of imidazole rings is 1. The third-order valence-corrected chi connectivity index (χ3v) is 4.85. The van der Waals surface area contributed by atoms with Gasteiger partial charge in [0, 0.05) is 22.6 Å². The summed E-state index contributed by atoms with van der Waals surface area (Å²) >= 11 is 0. The Hall–Kier alpha value is -3.13. The SMILES string of the molecule is Cc1[nH]c(=O)c(C#N)cc1-c1ccc(-n2cnc3c2CCCC3)cc1. The van der Waals surface area contributed by atoms with Crippen LogP contribution < -0.4 is 5.56 Å². The average Bonchev–Trinajstić information content (AvgIpc) is 3.06. The minimum Gasteiger partial charge on any atom is -0.325 e. The number of aromatic nitrogens is 3. The molecule has 0 saturated heterocycles. The van der Waals surface area contributed by atoms with Crippen molar-refractivity contribution in [3.63, 3.8) is 0 Å². The number of nitrogens with zero attached hydrogens (tertiary/aromatic N) is 3. The zero-order valence-corrected chi connectivity index (χ0v) is 14.0. The molecule has 0 radical (unpaired) electrons. The molecule has 0 atom stereocenters. The molecule has 1 aliphatic rings. The van der Waals surface area contributed by atoms with Crippen LogP contribution in [0.25, 0.3) is 16.8 Å². The van der Waals surface area contributed by atoms with Gasteiger partial charge in [-0.3, -0.25) is 4.79 Å². The first-order valence-electron chi connectivity index (χ1n) is 8.47. The van der Waals surface area contributed by atoms with Crippen molar-refractivity contribution < 1.29 is 0 Å². The number of fused-ring (bicyclic) bond motifs is 1. The van der Waals surface area contributed by atoms with E-state index in [4.69, 9.17) is 5.26 Å². The number of nitriles is 1. The summed E-state index contributed by atoms with van der Waals surface area (Å²) in [6.07, 6.45) is 6.47. The van der Waals surface area contributed by atoms with Crippen LogP contribution in [0.2, 0.25) is 0 Å². The number of nitrogens with one attached hydrogen (secondary N) is 1. The van der Waals surface area contributed by atoms with Gasteiger partial charge in [0.1, 0.15) is 11.6 Å². The van der Waals surface area contributed by atoms with Crippen molar-refractivity contribution in [2.45, 2.75) is 32.6 Å². The molecule has 5 nitrogen and oxygen atoms in total. The molecule has 2 aromatic heterocycles. The highest BCUT2D eigenvalue weighted by atomic mass is 16.1. The maximum atomic E-state index is 11.7. The lowest BCUT2D eigenvalue weighted by Crippen LogP contribution is -2.12. The van der Waals surface area contributed by atoms with E-state index in [1.165, 1.54) is 24.2 Å². The average molecular weight is 330 g/mol.